The Hall–Kier alpha value is -0.860. The van der Waals surface area contributed by atoms with E-state index in [0.717, 1.165) is 25.0 Å². The quantitative estimate of drug-likeness (QED) is 0.822. The predicted octanol–water partition coefficient (Wildman–Crippen LogP) is 2.32. The van der Waals surface area contributed by atoms with Gasteiger partial charge in [0.2, 0.25) is 0 Å². The molecule has 1 heterocycles. The maximum atomic E-state index is 10.2. The van der Waals surface area contributed by atoms with E-state index in [1.807, 2.05) is 12.1 Å². The van der Waals surface area contributed by atoms with Crippen LogP contribution in [0.4, 0.5) is 0 Å². The maximum Gasteiger partial charge on any atom is 0.0841 e. The Bertz CT molecular complexity index is 316. The summed E-state index contributed by atoms with van der Waals surface area (Å²) in [4.78, 5) is 0. The molecule has 82 valence electrons. The van der Waals surface area contributed by atoms with Crippen LogP contribution in [0.15, 0.2) is 24.3 Å². The molecule has 0 radical (unpaired) electrons. The highest BCUT2D eigenvalue weighted by Crippen LogP contribution is 2.28. The van der Waals surface area contributed by atoms with Crippen molar-refractivity contribution in [1.29, 1.82) is 0 Å². The molecular formula is C13H18O2. The van der Waals surface area contributed by atoms with Crippen molar-refractivity contribution in [3.05, 3.63) is 35.4 Å². The van der Waals surface area contributed by atoms with Crippen molar-refractivity contribution in [2.75, 3.05) is 13.2 Å². The van der Waals surface area contributed by atoms with E-state index in [4.69, 9.17) is 4.74 Å². The first-order valence-corrected chi connectivity index (χ1v) is 5.66. The fraction of sp³-hybridized carbons (Fsp3) is 0.538. The van der Waals surface area contributed by atoms with Gasteiger partial charge in [0.05, 0.1) is 12.7 Å². The van der Waals surface area contributed by atoms with Gasteiger partial charge in [0.25, 0.3) is 0 Å². The molecule has 0 bridgehead atoms. The molecule has 2 unspecified atom stereocenters. The van der Waals surface area contributed by atoms with E-state index >= 15 is 0 Å². The molecule has 1 aliphatic rings. The van der Waals surface area contributed by atoms with Crippen molar-refractivity contribution in [2.24, 2.45) is 5.92 Å². The van der Waals surface area contributed by atoms with Gasteiger partial charge in [-0.05, 0) is 24.0 Å². The number of aryl methyl sites for hydroxylation is 1. The van der Waals surface area contributed by atoms with Crippen LogP contribution in [-0.4, -0.2) is 18.3 Å². The highest BCUT2D eigenvalue weighted by atomic mass is 16.5. The number of aliphatic hydroxyl groups is 1. The number of ether oxygens (including phenoxy) is 1. The third-order valence-electron chi connectivity index (χ3n) is 3.11. The highest BCUT2D eigenvalue weighted by molar-refractivity contribution is 5.25. The summed E-state index contributed by atoms with van der Waals surface area (Å²) in [5, 5.41) is 10.2. The van der Waals surface area contributed by atoms with E-state index in [1.54, 1.807) is 0 Å². The van der Waals surface area contributed by atoms with Crippen molar-refractivity contribution in [3.63, 3.8) is 0 Å². The minimum atomic E-state index is -0.362. The Labute approximate surface area is 90.9 Å². The lowest BCUT2D eigenvalue weighted by Gasteiger charge is -2.17. The number of hydrogen-bond acceptors (Lipinski definition) is 2. The summed E-state index contributed by atoms with van der Waals surface area (Å²) < 4.78 is 5.30. The third kappa shape index (κ3) is 2.39. The van der Waals surface area contributed by atoms with E-state index in [2.05, 4.69) is 19.1 Å². The second-order valence-electron chi connectivity index (χ2n) is 4.17. The summed E-state index contributed by atoms with van der Waals surface area (Å²) in [7, 11) is 0. The van der Waals surface area contributed by atoms with E-state index in [9.17, 15) is 5.11 Å². The molecule has 15 heavy (non-hydrogen) atoms. The predicted molar refractivity (Wildman–Crippen MR) is 59.7 cm³/mol. The molecule has 2 nitrogen and oxygen atoms in total. The average Bonchev–Trinajstić information content (AvgIpc) is 2.81. The Morgan fingerprint density at radius 2 is 2.40 bits per heavy atom. The molecule has 1 N–H and O–H groups in total. The van der Waals surface area contributed by atoms with Crippen LogP contribution in [0.25, 0.3) is 0 Å². The van der Waals surface area contributed by atoms with E-state index < -0.39 is 0 Å². The zero-order chi connectivity index (χ0) is 10.7. The minimum absolute atomic E-state index is 0.275. The van der Waals surface area contributed by atoms with Crippen LogP contribution in [0, 0.1) is 5.92 Å². The molecule has 0 aromatic heterocycles. The molecule has 0 saturated carbocycles. The van der Waals surface area contributed by atoms with Gasteiger partial charge in [0.1, 0.15) is 0 Å². The maximum absolute atomic E-state index is 10.2. The Morgan fingerprint density at radius 1 is 1.53 bits per heavy atom. The van der Waals surface area contributed by atoms with Crippen LogP contribution in [0.2, 0.25) is 0 Å². The van der Waals surface area contributed by atoms with Gasteiger partial charge in [-0.25, -0.2) is 0 Å². The SMILES string of the molecule is CCc1cccc(C(O)C2CCOC2)c1. The largest absolute Gasteiger partial charge is 0.388 e. The summed E-state index contributed by atoms with van der Waals surface area (Å²) in [5.74, 6) is 0.275. The molecule has 2 atom stereocenters. The van der Waals surface area contributed by atoms with E-state index in [1.165, 1.54) is 5.56 Å². The van der Waals surface area contributed by atoms with Crippen LogP contribution in [-0.2, 0) is 11.2 Å². The number of hydrogen-bond donors (Lipinski definition) is 1. The summed E-state index contributed by atoms with van der Waals surface area (Å²) in [6.45, 7) is 3.61. The first-order chi connectivity index (χ1) is 7.31. The zero-order valence-corrected chi connectivity index (χ0v) is 9.15. The molecule has 2 heteroatoms. The Kier molecular flexibility index (Phi) is 3.39. The Balaban J connectivity index is 2.13. The van der Waals surface area contributed by atoms with Crippen LogP contribution < -0.4 is 0 Å². The van der Waals surface area contributed by atoms with Gasteiger partial charge in [-0.15, -0.1) is 0 Å². The fourth-order valence-corrected chi connectivity index (χ4v) is 2.07. The average molecular weight is 206 g/mol. The third-order valence-corrected chi connectivity index (χ3v) is 3.11. The summed E-state index contributed by atoms with van der Waals surface area (Å²) in [6, 6.07) is 8.22. The fourth-order valence-electron chi connectivity index (χ4n) is 2.07. The number of rotatable bonds is 3. The van der Waals surface area contributed by atoms with Crippen LogP contribution in [0.5, 0.6) is 0 Å². The van der Waals surface area contributed by atoms with Gasteiger partial charge in [-0.1, -0.05) is 31.2 Å². The Morgan fingerprint density at radius 3 is 3.07 bits per heavy atom. The van der Waals surface area contributed by atoms with Crippen molar-refractivity contribution in [1.82, 2.24) is 0 Å². The molecule has 1 fully saturated rings. The first kappa shape index (κ1) is 10.7. The van der Waals surface area contributed by atoms with Crippen molar-refractivity contribution in [3.8, 4) is 0 Å². The summed E-state index contributed by atoms with van der Waals surface area (Å²) in [5.41, 5.74) is 2.32. The summed E-state index contributed by atoms with van der Waals surface area (Å²) in [6.07, 6.45) is 1.62. The van der Waals surface area contributed by atoms with Gasteiger partial charge in [0.15, 0.2) is 0 Å². The lowest BCUT2D eigenvalue weighted by atomic mass is 9.94. The zero-order valence-electron chi connectivity index (χ0n) is 9.15. The van der Waals surface area contributed by atoms with Crippen molar-refractivity contribution < 1.29 is 9.84 Å². The molecule has 0 amide bonds. The van der Waals surface area contributed by atoms with E-state index in [-0.39, 0.29) is 12.0 Å². The lowest BCUT2D eigenvalue weighted by molar-refractivity contribution is 0.0917. The van der Waals surface area contributed by atoms with Gasteiger partial charge in [-0.2, -0.15) is 0 Å². The molecule has 1 aromatic rings. The first-order valence-electron chi connectivity index (χ1n) is 5.66. The van der Waals surface area contributed by atoms with Crippen LogP contribution in [0.1, 0.15) is 30.6 Å². The molecule has 0 spiro atoms. The molecule has 1 saturated heterocycles. The highest BCUT2D eigenvalue weighted by Gasteiger charge is 2.25. The van der Waals surface area contributed by atoms with Gasteiger partial charge < -0.3 is 9.84 Å². The molecule has 2 rings (SSSR count). The number of benzene rings is 1. The van der Waals surface area contributed by atoms with Gasteiger partial charge >= 0.3 is 0 Å². The standard InChI is InChI=1S/C13H18O2/c1-2-10-4-3-5-11(8-10)13(14)12-6-7-15-9-12/h3-5,8,12-14H,2,6-7,9H2,1H3. The molecule has 1 aromatic carbocycles. The van der Waals surface area contributed by atoms with E-state index in [0.29, 0.717) is 6.61 Å². The van der Waals surface area contributed by atoms with Crippen molar-refractivity contribution in [2.45, 2.75) is 25.9 Å². The topological polar surface area (TPSA) is 29.5 Å². The monoisotopic (exact) mass is 206 g/mol. The smallest absolute Gasteiger partial charge is 0.0841 e. The second-order valence-corrected chi connectivity index (χ2v) is 4.17. The van der Waals surface area contributed by atoms with Gasteiger partial charge in [0, 0.05) is 12.5 Å². The molecule has 0 aliphatic carbocycles. The summed E-state index contributed by atoms with van der Waals surface area (Å²) >= 11 is 0. The lowest BCUT2D eigenvalue weighted by Crippen LogP contribution is -2.12. The van der Waals surface area contributed by atoms with Crippen LogP contribution >= 0.6 is 0 Å². The number of aliphatic hydroxyl groups excluding tert-OH is 1. The second kappa shape index (κ2) is 4.77. The van der Waals surface area contributed by atoms with Gasteiger partial charge in [-0.3, -0.25) is 0 Å². The minimum Gasteiger partial charge on any atom is -0.388 e. The van der Waals surface area contributed by atoms with Crippen molar-refractivity contribution >= 4 is 0 Å². The molecule has 1 aliphatic heterocycles. The van der Waals surface area contributed by atoms with Crippen LogP contribution in [0.3, 0.4) is 0 Å². The normalized spacial score (nSPS) is 22.9. The molecular weight excluding hydrogens is 188 g/mol.